The summed E-state index contributed by atoms with van der Waals surface area (Å²) in [5, 5.41) is 12.2. The average molecular weight is 194 g/mol. The lowest BCUT2D eigenvalue weighted by molar-refractivity contribution is -0.142. The maximum absolute atomic E-state index is 10.9. The summed E-state index contributed by atoms with van der Waals surface area (Å²) >= 11 is 0. The highest BCUT2D eigenvalue weighted by atomic mass is 16.4. The van der Waals surface area contributed by atoms with Crippen molar-refractivity contribution >= 4 is 5.97 Å². The van der Waals surface area contributed by atoms with Crippen molar-refractivity contribution in [3.63, 3.8) is 0 Å². The van der Waals surface area contributed by atoms with E-state index in [4.69, 9.17) is 5.11 Å². The van der Waals surface area contributed by atoms with E-state index >= 15 is 0 Å². The Labute approximate surface area is 82.5 Å². The van der Waals surface area contributed by atoms with Crippen molar-refractivity contribution in [2.75, 3.05) is 6.54 Å². The zero-order valence-corrected chi connectivity index (χ0v) is 8.10. The van der Waals surface area contributed by atoms with Crippen LogP contribution in [0.3, 0.4) is 0 Å². The van der Waals surface area contributed by atoms with Gasteiger partial charge in [-0.2, -0.15) is 0 Å². The Morgan fingerprint density at radius 3 is 3.29 bits per heavy atom. The first-order valence-electron chi connectivity index (χ1n) is 4.81. The predicted octanol–water partition coefficient (Wildman–Crippen LogP) is 0.853. The van der Waals surface area contributed by atoms with E-state index in [0.29, 0.717) is 0 Å². The molecule has 1 aliphatic heterocycles. The minimum atomic E-state index is -0.753. The third kappa shape index (κ3) is 1.42. The van der Waals surface area contributed by atoms with Gasteiger partial charge in [0.15, 0.2) is 0 Å². The zero-order valence-electron chi connectivity index (χ0n) is 8.10. The smallest absolute Gasteiger partial charge is 0.308 e. The highest BCUT2D eigenvalue weighted by molar-refractivity contribution is 5.70. The molecule has 14 heavy (non-hydrogen) atoms. The standard InChI is InChI=1S/C10H14N2O2/c1-7(10(13)14)9-8-3-2-5-12(8)6-4-11-9/h2-3,5,7,9,11H,4,6H2,1H3,(H,13,14). The predicted molar refractivity (Wildman–Crippen MR) is 52.0 cm³/mol. The lowest BCUT2D eigenvalue weighted by atomic mass is 9.98. The van der Waals surface area contributed by atoms with E-state index in [1.165, 1.54) is 0 Å². The van der Waals surface area contributed by atoms with Gasteiger partial charge in [0.25, 0.3) is 0 Å². The molecule has 2 heterocycles. The SMILES string of the molecule is CC(C(=O)O)C1NCCn2cccc21. The van der Waals surface area contributed by atoms with Crippen LogP contribution in [0.2, 0.25) is 0 Å². The fourth-order valence-corrected chi connectivity index (χ4v) is 1.93. The van der Waals surface area contributed by atoms with Crippen LogP contribution in [0, 0.1) is 5.92 Å². The van der Waals surface area contributed by atoms with E-state index in [1.54, 1.807) is 6.92 Å². The van der Waals surface area contributed by atoms with E-state index in [1.807, 2.05) is 18.3 Å². The number of nitrogens with zero attached hydrogens (tertiary/aromatic N) is 1. The first-order chi connectivity index (χ1) is 6.70. The van der Waals surface area contributed by atoms with Crippen molar-refractivity contribution in [1.82, 2.24) is 9.88 Å². The monoisotopic (exact) mass is 194 g/mol. The molecule has 0 amide bonds. The largest absolute Gasteiger partial charge is 0.481 e. The third-order valence-electron chi connectivity index (χ3n) is 2.79. The van der Waals surface area contributed by atoms with Crippen molar-refractivity contribution in [2.24, 2.45) is 5.92 Å². The van der Waals surface area contributed by atoms with Gasteiger partial charge in [0.05, 0.1) is 12.0 Å². The average Bonchev–Trinajstić information content (AvgIpc) is 2.63. The van der Waals surface area contributed by atoms with E-state index in [-0.39, 0.29) is 12.0 Å². The van der Waals surface area contributed by atoms with Crippen molar-refractivity contribution in [2.45, 2.75) is 19.5 Å². The van der Waals surface area contributed by atoms with Gasteiger partial charge in [-0.05, 0) is 12.1 Å². The van der Waals surface area contributed by atoms with E-state index in [0.717, 1.165) is 18.8 Å². The number of aromatic nitrogens is 1. The fourth-order valence-electron chi connectivity index (χ4n) is 1.93. The molecule has 76 valence electrons. The van der Waals surface area contributed by atoms with Crippen LogP contribution >= 0.6 is 0 Å². The van der Waals surface area contributed by atoms with Crippen LogP contribution in [0.1, 0.15) is 18.7 Å². The Kier molecular flexibility index (Phi) is 2.29. The highest BCUT2D eigenvalue weighted by Gasteiger charge is 2.28. The lowest BCUT2D eigenvalue weighted by Crippen LogP contribution is -2.38. The summed E-state index contributed by atoms with van der Waals surface area (Å²) in [4.78, 5) is 10.9. The van der Waals surface area contributed by atoms with Crippen LogP contribution in [-0.2, 0) is 11.3 Å². The molecule has 4 heteroatoms. The molecule has 2 rings (SSSR count). The van der Waals surface area contributed by atoms with Crippen molar-refractivity contribution < 1.29 is 9.90 Å². The molecular formula is C10H14N2O2. The lowest BCUT2D eigenvalue weighted by Gasteiger charge is -2.28. The second-order valence-electron chi connectivity index (χ2n) is 3.69. The summed E-state index contributed by atoms with van der Waals surface area (Å²) < 4.78 is 2.11. The summed E-state index contributed by atoms with van der Waals surface area (Å²) in [6.07, 6.45) is 2.00. The quantitative estimate of drug-likeness (QED) is 0.734. The first kappa shape index (κ1) is 9.27. The minimum absolute atomic E-state index is 0.0590. The molecule has 2 N–H and O–H groups in total. The Balaban J connectivity index is 2.28. The van der Waals surface area contributed by atoms with Gasteiger partial charge in [-0.25, -0.2) is 0 Å². The second-order valence-corrected chi connectivity index (χ2v) is 3.69. The summed E-state index contributed by atoms with van der Waals surface area (Å²) in [6.45, 7) is 3.50. The molecule has 2 atom stereocenters. The van der Waals surface area contributed by atoms with Gasteiger partial charge in [0.1, 0.15) is 0 Å². The molecule has 1 aromatic heterocycles. The third-order valence-corrected chi connectivity index (χ3v) is 2.79. The number of nitrogens with one attached hydrogen (secondary N) is 1. The Morgan fingerprint density at radius 2 is 2.57 bits per heavy atom. The van der Waals surface area contributed by atoms with Gasteiger partial charge < -0.3 is 15.0 Å². The summed E-state index contributed by atoms with van der Waals surface area (Å²) in [6, 6.07) is 3.89. The number of fused-ring (bicyclic) bond motifs is 1. The Morgan fingerprint density at radius 1 is 1.79 bits per heavy atom. The molecule has 0 aliphatic carbocycles. The van der Waals surface area contributed by atoms with Crippen LogP contribution in [-0.4, -0.2) is 22.2 Å². The topological polar surface area (TPSA) is 54.3 Å². The number of carbonyl (C=O) groups is 1. The number of rotatable bonds is 2. The highest BCUT2D eigenvalue weighted by Crippen LogP contribution is 2.25. The van der Waals surface area contributed by atoms with Gasteiger partial charge in [0, 0.05) is 25.0 Å². The molecule has 0 aromatic carbocycles. The van der Waals surface area contributed by atoms with E-state index in [2.05, 4.69) is 9.88 Å². The van der Waals surface area contributed by atoms with Crippen molar-refractivity contribution in [3.05, 3.63) is 24.0 Å². The summed E-state index contributed by atoms with van der Waals surface area (Å²) in [5.41, 5.74) is 1.08. The van der Waals surface area contributed by atoms with Crippen molar-refractivity contribution in [1.29, 1.82) is 0 Å². The van der Waals surface area contributed by atoms with Gasteiger partial charge >= 0.3 is 5.97 Å². The summed E-state index contributed by atoms with van der Waals surface area (Å²) in [5.74, 6) is -1.14. The van der Waals surface area contributed by atoms with Crippen LogP contribution in [0.5, 0.6) is 0 Å². The maximum Gasteiger partial charge on any atom is 0.308 e. The van der Waals surface area contributed by atoms with Crippen LogP contribution in [0.15, 0.2) is 18.3 Å². The van der Waals surface area contributed by atoms with E-state index < -0.39 is 5.97 Å². The van der Waals surface area contributed by atoms with Gasteiger partial charge in [0.2, 0.25) is 0 Å². The van der Waals surface area contributed by atoms with Gasteiger partial charge in [-0.1, -0.05) is 6.92 Å². The molecule has 1 aromatic rings. The zero-order chi connectivity index (χ0) is 10.1. The van der Waals surface area contributed by atoms with Gasteiger partial charge in [-0.15, -0.1) is 0 Å². The molecule has 0 saturated heterocycles. The number of carboxylic acid groups (broad SMARTS) is 1. The molecule has 0 fully saturated rings. The van der Waals surface area contributed by atoms with Crippen molar-refractivity contribution in [3.8, 4) is 0 Å². The number of carboxylic acids is 1. The van der Waals surface area contributed by atoms with Gasteiger partial charge in [-0.3, -0.25) is 4.79 Å². The number of aliphatic carboxylic acids is 1. The fraction of sp³-hybridized carbons (Fsp3) is 0.500. The molecule has 4 nitrogen and oxygen atoms in total. The summed E-state index contributed by atoms with van der Waals surface area (Å²) in [7, 11) is 0. The Hall–Kier alpha value is -1.29. The van der Waals surface area contributed by atoms with Crippen LogP contribution in [0.25, 0.3) is 0 Å². The molecule has 0 bridgehead atoms. The molecule has 0 spiro atoms. The molecule has 0 saturated carbocycles. The van der Waals surface area contributed by atoms with Crippen LogP contribution < -0.4 is 5.32 Å². The first-order valence-corrected chi connectivity index (χ1v) is 4.81. The van der Waals surface area contributed by atoms with E-state index in [9.17, 15) is 4.79 Å². The molecule has 0 radical (unpaired) electrons. The Bertz CT molecular complexity index is 346. The maximum atomic E-state index is 10.9. The molecule has 1 aliphatic rings. The number of hydrogen-bond acceptors (Lipinski definition) is 2. The number of hydrogen-bond donors (Lipinski definition) is 2. The molecular weight excluding hydrogens is 180 g/mol. The minimum Gasteiger partial charge on any atom is -0.481 e. The second kappa shape index (κ2) is 3.46. The normalized spacial score (nSPS) is 22.8. The van der Waals surface area contributed by atoms with Crippen LogP contribution in [0.4, 0.5) is 0 Å². The molecule has 2 unspecified atom stereocenters.